The van der Waals surface area contributed by atoms with Crippen LogP contribution < -0.4 is 0 Å². The van der Waals surface area contributed by atoms with Gasteiger partial charge >= 0.3 is 0 Å². The van der Waals surface area contributed by atoms with Gasteiger partial charge in [0.05, 0.1) is 5.69 Å². The van der Waals surface area contributed by atoms with Crippen LogP contribution in [0.25, 0.3) is 11.4 Å². The first-order valence-corrected chi connectivity index (χ1v) is 8.27. The molecule has 3 nitrogen and oxygen atoms in total. The predicted molar refractivity (Wildman–Crippen MR) is 96.0 cm³/mol. The molecule has 0 saturated heterocycles. The normalized spacial score (nSPS) is 11.0. The van der Waals surface area contributed by atoms with Gasteiger partial charge in [-0.25, -0.2) is 9.97 Å². The van der Waals surface area contributed by atoms with Gasteiger partial charge in [-0.2, -0.15) is 0 Å². The number of aromatic nitrogens is 3. The standard InChI is InChI=1S/C21H19N3/c1-3-7-17(8-4-1)11-13-24-14-12-19-20(16-24)23-21(22-19)15-18-9-5-2-6-10-18/h1-10,12,14,16H,11,13,15H2. The van der Waals surface area contributed by atoms with Gasteiger partial charge in [0.1, 0.15) is 11.5 Å². The zero-order valence-electron chi connectivity index (χ0n) is 13.5. The number of hydrogen-bond donors (Lipinski definition) is 0. The molecule has 3 heteroatoms. The Morgan fingerprint density at radius 1 is 0.708 bits per heavy atom. The van der Waals surface area contributed by atoms with Gasteiger partial charge in [0, 0.05) is 25.4 Å². The molecule has 0 spiro atoms. The van der Waals surface area contributed by atoms with Gasteiger partial charge < -0.3 is 4.57 Å². The molecule has 2 aliphatic heterocycles. The van der Waals surface area contributed by atoms with E-state index in [1.165, 1.54) is 11.1 Å². The number of pyridine rings is 1. The summed E-state index contributed by atoms with van der Waals surface area (Å²) in [4.78, 5) is 9.33. The minimum Gasteiger partial charge on any atom is -0.352 e. The Labute approximate surface area is 142 Å². The molecule has 0 radical (unpaired) electrons. The third-order valence-corrected chi connectivity index (χ3v) is 4.18. The molecule has 24 heavy (non-hydrogen) atoms. The first-order valence-electron chi connectivity index (χ1n) is 8.27. The monoisotopic (exact) mass is 313 g/mol. The van der Waals surface area contributed by atoms with Gasteiger partial charge in [-0.15, -0.1) is 0 Å². The number of aryl methyl sites for hydroxylation is 2. The number of rotatable bonds is 5. The molecule has 2 aromatic carbocycles. The number of nitrogens with zero attached hydrogens (tertiary/aromatic N) is 3. The predicted octanol–water partition coefficient (Wildman–Crippen LogP) is 4.22. The molecule has 0 fully saturated rings. The topological polar surface area (TPSA) is 30.7 Å². The summed E-state index contributed by atoms with van der Waals surface area (Å²) in [6, 6.07) is 23.0. The molecule has 0 unspecified atom stereocenters. The Balaban J connectivity index is 1.50. The van der Waals surface area contributed by atoms with E-state index in [9.17, 15) is 0 Å². The minimum absolute atomic E-state index is 0.777. The summed E-state index contributed by atoms with van der Waals surface area (Å²) in [7, 11) is 0. The van der Waals surface area contributed by atoms with Crippen molar-refractivity contribution >= 4 is 0 Å². The second-order valence-electron chi connectivity index (χ2n) is 5.99. The first-order chi connectivity index (χ1) is 11.9. The molecule has 0 bridgehead atoms. The van der Waals surface area contributed by atoms with Crippen LogP contribution in [0, 0.1) is 0 Å². The Morgan fingerprint density at radius 3 is 2.12 bits per heavy atom. The van der Waals surface area contributed by atoms with Crippen LogP contribution in [0.15, 0.2) is 79.1 Å². The lowest BCUT2D eigenvalue weighted by molar-refractivity contribution is 0.691. The Kier molecular flexibility index (Phi) is 4.07. The van der Waals surface area contributed by atoms with E-state index in [0.29, 0.717) is 0 Å². The lowest BCUT2D eigenvalue weighted by atomic mass is 10.1. The maximum absolute atomic E-state index is 4.69. The van der Waals surface area contributed by atoms with Crippen LogP contribution in [0.2, 0.25) is 0 Å². The second kappa shape index (κ2) is 6.67. The molecule has 118 valence electrons. The zero-order valence-corrected chi connectivity index (χ0v) is 13.5. The van der Waals surface area contributed by atoms with Crippen molar-refractivity contribution < 1.29 is 0 Å². The highest BCUT2D eigenvalue weighted by atomic mass is 15.0. The molecule has 0 amide bonds. The van der Waals surface area contributed by atoms with Gasteiger partial charge in [0.25, 0.3) is 0 Å². The molecule has 2 heterocycles. The van der Waals surface area contributed by atoms with Crippen molar-refractivity contribution in [3.63, 3.8) is 0 Å². The van der Waals surface area contributed by atoms with E-state index in [1.807, 2.05) is 6.07 Å². The van der Waals surface area contributed by atoms with Gasteiger partial charge in [0.2, 0.25) is 0 Å². The van der Waals surface area contributed by atoms with E-state index in [2.05, 4.69) is 82.6 Å². The molecule has 4 rings (SSSR count). The van der Waals surface area contributed by atoms with Crippen LogP contribution in [-0.4, -0.2) is 14.5 Å². The van der Waals surface area contributed by atoms with Gasteiger partial charge in [-0.3, -0.25) is 0 Å². The van der Waals surface area contributed by atoms with Crippen molar-refractivity contribution in [1.29, 1.82) is 0 Å². The molecule has 0 aliphatic carbocycles. The first kappa shape index (κ1) is 14.6. The molecular formula is C21H19N3. The van der Waals surface area contributed by atoms with E-state index in [4.69, 9.17) is 4.98 Å². The van der Waals surface area contributed by atoms with E-state index >= 15 is 0 Å². The molecule has 0 aromatic heterocycles. The maximum atomic E-state index is 4.69. The SMILES string of the molecule is c1ccc(CCn2ccc3nc(Cc4ccccc4)nc-3c2)cc1. The third-order valence-electron chi connectivity index (χ3n) is 4.18. The molecule has 0 atom stereocenters. The van der Waals surface area contributed by atoms with E-state index < -0.39 is 0 Å². The number of hydrogen-bond acceptors (Lipinski definition) is 2. The molecular weight excluding hydrogens is 294 g/mol. The van der Waals surface area contributed by atoms with Crippen molar-refractivity contribution in [3.05, 3.63) is 96.1 Å². The fourth-order valence-electron chi connectivity index (χ4n) is 2.90. The summed E-state index contributed by atoms with van der Waals surface area (Å²) in [5.74, 6) is 0.886. The van der Waals surface area contributed by atoms with Crippen molar-refractivity contribution in [1.82, 2.24) is 14.5 Å². The quantitative estimate of drug-likeness (QED) is 0.552. The molecule has 2 aliphatic rings. The van der Waals surface area contributed by atoms with Crippen LogP contribution >= 0.6 is 0 Å². The lowest BCUT2D eigenvalue weighted by Gasteiger charge is -2.07. The number of imidazole rings is 1. The van der Waals surface area contributed by atoms with E-state index in [-0.39, 0.29) is 0 Å². The summed E-state index contributed by atoms with van der Waals surface area (Å²) in [6.07, 6.45) is 5.98. The Hall–Kier alpha value is -2.94. The smallest absolute Gasteiger partial charge is 0.134 e. The summed E-state index contributed by atoms with van der Waals surface area (Å²) in [5, 5.41) is 0. The van der Waals surface area contributed by atoms with Crippen molar-refractivity contribution in [2.24, 2.45) is 0 Å². The lowest BCUT2D eigenvalue weighted by Crippen LogP contribution is -2.02. The average Bonchev–Trinajstić information content (AvgIpc) is 3.03. The average molecular weight is 313 g/mol. The van der Waals surface area contributed by atoms with Crippen LogP contribution in [0.4, 0.5) is 0 Å². The fraction of sp³-hybridized carbons (Fsp3) is 0.143. The second-order valence-corrected chi connectivity index (χ2v) is 5.99. The van der Waals surface area contributed by atoms with Crippen LogP contribution in [0.1, 0.15) is 17.0 Å². The largest absolute Gasteiger partial charge is 0.352 e. The third kappa shape index (κ3) is 3.35. The summed E-state index contributed by atoms with van der Waals surface area (Å²) in [6.45, 7) is 0.945. The summed E-state index contributed by atoms with van der Waals surface area (Å²) >= 11 is 0. The van der Waals surface area contributed by atoms with Crippen molar-refractivity contribution in [2.45, 2.75) is 19.4 Å². The Morgan fingerprint density at radius 2 is 1.38 bits per heavy atom. The van der Waals surface area contributed by atoms with Crippen molar-refractivity contribution in [2.75, 3.05) is 0 Å². The summed E-state index contributed by atoms with van der Waals surface area (Å²) < 4.78 is 2.19. The minimum atomic E-state index is 0.777. The van der Waals surface area contributed by atoms with Crippen LogP contribution in [-0.2, 0) is 19.4 Å². The molecule has 0 N–H and O–H groups in total. The molecule has 2 aromatic rings. The van der Waals surface area contributed by atoms with E-state index in [1.54, 1.807) is 0 Å². The highest BCUT2D eigenvalue weighted by Crippen LogP contribution is 2.19. The summed E-state index contributed by atoms with van der Waals surface area (Å²) in [5.41, 5.74) is 4.53. The number of benzene rings is 2. The van der Waals surface area contributed by atoms with Crippen molar-refractivity contribution in [3.8, 4) is 11.4 Å². The molecule has 0 saturated carbocycles. The number of fused-ring (bicyclic) bond motifs is 1. The Bertz CT molecular complexity index is 881. The van der Waals surface area contributed by atoms with Gasteiger partial charge in [0.15, 0.2) is 0 Å². The fourth-order valence-corrected chi connectivity index (χ4v) is 2.90. The highest BCUT2D eigenvalue weighted by Gasteiger charge is 2.11. The van der Waals surface area contributed by atoms with E-state index in [0.717, 1.165) is 36.6 Å². The highest BCUT2D eigenvalue weighted by molar-refractivity contribution is 5.55. The van der Waals surface area contributed by atoms with Gasteiger partial charge in [-0.05, 0) is 23.6 Å². The van der Waals surface area contributed by atoms with Gasteiger partial charge in [-0.1, -0.05) is 60.7 Å². The van der Waals surface area contributed by atoms with Crippen LogP contribution in [0.3, 0.4) is 0 Å². The zero-order chi connectivity index (χ0) is 16.2. The van der Waals surface area contributed by atoms with Crippen LogP contribution in [0.5, 0.6) is 0 Å². The maximum Gasteiger partial charge on any atom is 0.134 e.